The van der Waals surface area contributed by atoms with Crippen LogP contribution in [0, 0.1) is 5.92 Å². The van der Waals surface area contributed by atoms with Crippen molar-refractivity contribution in [2.24, 2.45) is 5.92 Å². The van der Waals surface area contributed by atoms with Crippen LogP contribution in [0.25, 0.3) is 0 Å². The van der Waals surface area contributed by atoms with Crippen LogP contribution in [-0.2, 0) is 15.6 Å². The molecule has 1 saturated carbocycles. The molecule has 0 bridgehead atoms. The Kier molecular flexibility index (Phi) is 4.07. The number of hydrogen-bond donors (Lipinski definition) is 1. The van der Waals surface area contributed by atoms with Crippen LogP contribution in [0.1, 0.15) is 40.9 Å². The molecule has 1 N–H and O–H groups in total. The van der Waals surface area contributed by atoms with Crippen LogP contribution in [0.2, 0.25) is 0 Å². The summed E-state index contributed by atoms with van der Waals surface area (Å²) in [5, 5.41) is 10.6. The van der Waals surface area contributed by atoms with Gasteiger partial charge in [-0.05, 0) is 35.8 Å². The minimum atomic E-state index is -3.20. The van der Waals surface area contributed by atoms with E-state index in [0.29, 0.717) is 5.56 Å². The molecule has 0 atom stereocenters. The first kappa shape index (κ1) is 13.5. The monoisotopic (exact) mass is 288 g/mol. The van der Waals surface area contributed by atoms with E-state index in [-0.39, 0.29) is 22.3 Å². The maximum absolute atomic E-state index is 12.0. The second-order valence-electron chi connectivity index (χ2n) is 4.79. The van der Waals surface area contributed by atoms with Crippen molar-refractivity contribution in [3.63, 3.8) is 0 Å². The zero-order chi connectivity index (χ0) is 13.2. The van der Waals surface area contributed by atoms with Crippen molar-refractivity contribution in [1.82, 2.24) is 0 Å². The van der Waals surface area contributed by atoms with Gasteiger partial charge in [0.2, 0.25) is 0 Å². The van der Waals surface area contributed by atoms with Crippen LogP contribution in [0.4, 0.5) is 0 Å². The summed E-state index contributed by atoms with van der Waals surface area (Å²) in [6.45, 7) is 0. The second-order valence-corrected chi connectivity index (χ2v) is 7.81. The summed E-state index contributed by atoms with van der Waals surface area (Å²) in [7, 11) is -3.20. The average molecular weight is 288 g/mol. The summed E-state index contributed by atoms with van der Waals surface area (Å²) in [6, 6.07) is 1.60. The van der Waals surface area contributed by atoms with E-state index in [4.69, 9.17) is 5.11 Å². The Morgan fingerprint density at radius 2 is 2.06 bits per heavy atom. The predicted octanol–water partition coefficient (Wildman–Crippen LogP) is 2.55. The molecule has 1 aliphatic carbocycles. The van der Waals surface area contributed by atoms with E-state index in [1.165, 1.54) is 0 Å². The van der Waals surface area contributed by atoms with Crippen molar-refractivity contribution in [2.45, 2.75) is 31.4 Å². The third kappa shape index (κ3) is 3.32. The summed E-state index contributed by atoms with van der Waals surface area (Å²) < 4.78 is 24.1. The smallest absolute Gasteiger partial charge is 0.346 e. The topological polar surface area (TPSA) is 71.4 Å². The van der Waals surface area contributed by atoms with Gasteiger partial charge < -0.3 is 5.11 Å². The lowest BCUT2D eigenvalue weighted by atomic mass is 10.1. The van der Waals surface area contributed by atoms with E-state index in [0.717, 1.165) is 37.0 Å². The molecule has 0 unspecified atom stereocenters. The van der Waals surface area contributed by atoms with Gasteiger partial charge in [0, 0.05) is 0 Å². The molecule has 1 aliphatic rings. The molecule has 1 fully saturated rings. The molecule has 4 nitrogen and oxygen atoms in total. The van der Waals surface area contributed by atoms with Gasteiger partial charge in [0.15, 0.2) is 9.84 Å². The van der Waals surface area contributed by atoms with Gasteiger partial charge in [-0.3, -0.25) is 0 Å². The van der Waals surface area contributed by atoms with Crippen LogP contribution in [0.3, 0.4) is 0 Å². The Morgan fingerprint density at radius 3 is 2.67 bits per heavy atom. The van der Waals surface area contributed by atoms with Crippen LogP contribution < -0.4 is 0 Å². The molecule has 0 saturated heterocycles. The summed E-state index contributed by atoms with van der Waals surface area (Å²) in [6.07, 6.45) is 4.18. The summed E-state index contributed by atoms with van der Waals surface area (Å²) in [4.78, 5) is 11.1. The van der Waals surface area contributed by atoms with E-state index in [1.807, 2.05) is 0 Å². The standard InChI is InChI=1S/C12H16O4S2/c13-12(14)11-10(5-6-17-11)8-18(15,16)7-9-3-1-2-4-9/h5-6,9H,1-4,7-8H2,(H,13,14). The largest absolute Gasteiger partial charge is 0.477 e. The molecule has 0 spiro atoms. The van der Waals surface area contributed by atoms with Gasteiger partial charge in [-0.2, -0.15) is 0 Å². The fraction of sp³-hybridized carbons (Fsp3) is 0.583. The van der Waals surface area contributed by atoms with Gasteiger partial charge in [0.1, 0.15) is 4.88 Å². The molecule has 2 rings (SSSR count). The number of carboxylic acids is 1. The zero-order valence-corrected chi connectivity index (χ0v) is 11.6. The van der Waals surface area contributed by atoms with Gasteiger partial charge in [-0.15, -0.1) is 11.3 Å². The number of carboxylic acid groups (broad SMARTS) is 1. The van der Waals surface area contributed by atoms with Crippen LogP contribution in [0.15, 0.2) is 11.4 Å². The lowest BCUT2D eigenvalue weighted by Crippen LogP contribution is -2.16. The fourth-order valence-electron chi connectivity index (χ4n) is 2.47. The SMILES string of the molecule is O=C(O)c1sccc1CS(=O)(=O)CC1CCCC1. The van der Waals surface area contributed by atoms with Crippen molar-refractivity contribution in [3.8, 4) is 0 Å². The molecule has 6 heteroatoms. The molecule has 1 heterocycles. The third-order valence-corrected chi connectivity index (χ3v) is 5.96. The number of carbonyl (C=O) groups is 1. The van der Waals surface area contributed by atoms with Crippen LogP contribution in [-0.4, -0.2) is 25.2 Å². The fourth-order valence-corrected chi connectivity index (χ4v) is 5.20. The molecular weight excluding hydrogens is 272 g/mol. The van der Waals surface area contributed by atoms with Crippen molar-refractivity contribution in [1.29, 1.82) is 0 Å². The molecule has 100 valence electrons. The molecule has 1 aromatic rings. The average Bonchev–Trinajstić information content (AvgIpc) is 2.87. The van der Waals surface area contributed by atoms with Crippen LogP contribution in [0.5, 0.6) is 0 Å². The highest BCUT2D eigenvalue weighted by molar-refractivity contribution is 7.90. The van der Waals surface area contributed by atoms with Gasteiger partial charge in [-0.1, -0.05) is 12.8 Å². The molecule has 18 heavy (non-hydrogen) atoms. The molecule has 0 radical (unpaired) electrons. The first-order chi connectivity index (χ1) is 8.48. The van der Waals surface area contributed by atoms with E-state index in [2.05, 4.69) is 0 Å². The van der Waals surface area contributed by atoms with Crippen molar-refractivity contribution in [3.05, 3.63) is 21.9 Å². The molecule has 0 aromatic carbocycles. The first-order valence-electron chi connectivity index (χ1n) is 5.98. The van der Waals surface area contributed by atoms with E-state index >= 15 is 0 Å². The number of rotatable bonds is 5. The van der Waals surface area contributed by atoms with Crippen molar-refractivity contribution in [2.75, 3.05) is 5.75 Å². The van der Waals surface area contributed by atoms with Crippen molar-refractivity contribution >= 4 is 27.1 Å². The Hall–Kier alpha value is -0.880. The Bertz CT molecular complexity index is 524. The summed E-state index contributed by atoms with van der Waals surface area (Å²) in [5.74, 6) is -0.728. The number of thiophene rings is 1. The number of sulfone groups is 1. The Balaban J connectivity index is 2.07. The zero-order valence-electron chi connectivity index (χ0n) is 9.96. The highest BCUT2D eigenvalue weighted by Gasteiger charge is 2.24. The maximum Gasteiger partial charge on any atom is 0.346 e. The minimum absolute atomic E-state index is 0.144. The van der Waals surface area contributed by atoms with Gasteiger partial charge >= 0.3 is 5.97 Å². The second kappa shape index (κ2) is 5.40. The van der Waals surface area contributed by atoms with E-state index < -0.39 is 15.8 Å². The molecular formula is C12H16O4S2. The normalized spacial score (nSPS) is 17.1. The lowest BCUT2D eigenvalue weighted by molar-refractivity contribution is 0.0701. The summed E-state index contributed by atoms with van der Waals surface area (Å²) in [5.41, 5.74) is 0.422. The number of aromatic carboxylic acids is 1. The van der Waals surface area contributed by atoms with Gasteiger partial charge in [-0.25, -0.2) is 13.2 Å². The van der Waals surface area contributed by atoms with E-state index in [1.54, 1.807) is 11.4 Å². The minimum Gasteiger partial charge on any atom is -0.477 e. The highest BCUT2D eigenvalue weighted by atomic mass is 32.2. The lowest BCUT2D eigenvalue weighted by Gasteiger charge is -2.09. The molecule has 1 aromatic heterocycles. The van der Waals surface area contributed by atoms with E-state index in [9.17, 15) is 13.2 Å². The summed E-state index contributed by atoms with van der Waals surface area (Å²) >= 11 is 1.08. The Labute approximate surface area is 111 Å². The van der Waals surface area contributed by atoms with Crippen molar-refractivity contribution < 1.29 is 18.3 Å². The Morgan fingerprint density at radius 1 is 1.39 bits per heavy atom. The predicted molar refractivity (Wildman–Crippen MR) is 70.7 cm³/mol. The van der Waals surface area contributed by atoms with Crippen LogP contribution >= 0.6 is 11.3 Å². The molecule has 0 amide bonds. The van der Waals surface area contributed by atoms with Gasteiger partial charge in [0.25, 0.3) is 0 Å². The first-order valence-corrected chi connectivity index (χ1v) is 8.68. The molecule has 0 aliphatic heterocycles. The van der Waals surface area contributed by atoms with Gasteiger partial charge in [0.05, 0.1) is 11.5 Å². The quantitative estimate of drug-likeness (QED) is 0.904. The third-order valence-electron chi connectivity index (χ3n) is 3.28. The number of hydrogen-bond acceptors (Lipinski definition) is 4. The highest BCUT2D eigenvalue weighted by Crippen LogP contribution is 2.28. The maximum atomic E-state index is 12.0.